The Morgan fingerprint density at radius 2 is 1.88 bits per heavy atom. The third-order valence-corrected chi connectivity index (χ3v) is 4.96. The van der Waals surface area contributed by atoms with E-state index >= 15 is 0 Å². The van der Waals surface area contributed by atoms with E-state index in [-0.39, 0.29) is 5.25 Å². The third-order valence-electron chi connectivity index (χ3n) is 2.47. The number of rotatable bonds is 3. The summed E-state index contributed by atoms with van der Waals surface area (Å²) in [5, 5.41) is 2.10. The number of hydrogen-bond donors (Lipinski definition) is 6. The van der Waals surface area contributed by atoms with Crippen molar-refractivity contribution in [3.8, 4) is 0 Å². The summed E-state index contributed by atoms with van der Waals surface area (Å²) in [7, 11) is -9.31. The van der Waals surface area contributed by atoms with Gasteiger partial charge >= 0.3 is 15.2 Å². The molecule has 17 heavy (non-hydrogen) atoms. The van der Waals surface area contributed by atoms with Crippen LogP contribution in [0.1, 0.15) is 6.42 Å². The first-order valence-corrected chi connectivity index (χ1v) is 8.65. The van der Waals surface area contributed by atoms with E-state index < -0.39 is 26.4 Å². The maximum atomic E-state index is 11.3. The molecule has 1 fully saturated rings. The highest BCUT2D eigenvalue weighted by Crippen LogP contribution is 2.55. The fraction of sp³-hybridized carbons (Fsp3) is 0.714. The number of allylic oxidation sites excluding steroid dienone is 1. The van der Waals surface area contributed by atoms with Crippen molar-refractivity contribution in [1.82, 2.24) is 5.32 Å². The van der Waals surface area contributed by atoms with Crippen LogP contribution in [0.3, 0.4) is 0 Å². The summed E-state index contributed by atoms with van der Waals surface area (Å²) >= 11 is 4.18. The zero-order valence-corrected chi connectivity index (χ0v) is 11.5. The molecule has 1 aliphatic heterocycles. The minimum Gasteiger partial charge on any atom is -0.321 e. The van der Waals surface area contributed by atoms with Crippen LogP contribution in [-0.2, 0) is 9.13 Å². The van der Waals surface area contributed by atoms with Gasteiger partial charge in [-0.05, 0) is 13.0 Å². The molecule has 0 amide bonds. The van der Waals surface area contributed by atoms with Crippen LogP contribution in [0.15, 0.2) is 11.1 Å². The van der Waals surface area contributed by atoms with Crippen molar-refractivity contribution >= 4 is 27.8 Å². The molecule has 0 spiro atoms. The summed E-state index contributed by atoms with van der Waals surface area (Å²) < 4.78 is 22.2. The molecule has 1 heterocycles. The lowest BCUT2D eigenvalue weighted by atomic mass is 9.97. The molecule has 0 aromatic rings. The molecule has 1 rings (SSSR count). The lowest BCUT2D eigenvalue weighted by Crippen LogP contribution is -2.38. The predicted molar refractivity (Wildman–Crippen MR) is 65.9 cm³/mol. The van der Waals surface area contributed by atoms with Crippen molar-refractivity contribution in [1.29, 1.82) is 0 Å². The molecule has 2 unspecified atom stereocenters. The highest BCUT2D eigenvalue weighted by atomic mass is 32.1. The maximum absolute atomic E-state index is 11.3. The fourth-order valence-corrected chi connectivity index (χ4v) is 4.63. The average molecular weight is 303 g/mol. The largest absolute Gasteiger partial charge is 0.352 e. The summed E-state index contributed by atoms with van der Waals surface area (Å²) in [6, 6.07) is 0. The number of thiol groups is 1. The van der Waals surface area contributed by atoms with Gasteiger partial charge in [0.15, 0.2) is 0 Å². The second kappa shape index (κ2) is 5.55. The monoisotopic (exact) mass is 303 g/mol. The Balaban J connectivity index is 3.11. The van der Waals surface area contributed by atoms with Crippen LogP contribution in [0.2, 0.25) is 0 Å². The van der Waals surface area contributed by atoms with E-state index in [1.807, 2.05) is 0 Å². The minimum absolute atomic E-state index is 0.380. The van der Waals surface area contributed by atoms with Gasteiger partial charge in [0.2, 0.25) is 0 Å². The van der Waals surface area contributed by atoms with Crippen molar-refractivity contribution in [3.05, 3.63) is 11.1 Å². The molecule has 0 aliphatic carbocycles. The van der Waals surface area contributed by atoms with Crippen molar-refractivity contribution in [2.45, 2.75) is 11.7 Å². The van der Waals surface area contributed by atoms with E-state index in [2.05, 4.69) is 17.9 Å². The van der Waals surface area contributed by atoms with Gasteiger partial charge in [-0.1, -0.05) is 0 Å². The van der Waals surface area contributed by atoms with Crippen LogP contribution in [0.5, 0.6) is 0 Å². The van der Waals surface area contributed by atoms with Gasteiger partial charge in [0.1, 0.15) is 0 Å². The van der Waals surface area contributed by atoms with E-state index in [1.165, 1.54) is 0 Å². The van der Waals surface area contributed by atoms with Gasteiger partial charge in [0.25, 0.3) is 0 Å². The fourth-order valence-electron chi connectivity index (χ4n) is 1.75. The minimum atomic E-state index is -4.69. The molecule has 0 bridgehead atoms. The van der Waals surface area contributed by atoms with Crippen molar-refractivity contribution < 1.29 is 28.7 Å². The highest BCUT2D eigenvalue weighted by Gasteiger charge is 2.36. The molecule has 1 aliphatic rings. The van der Waals surface area contributed by atoms with Gasteiger partial charge in [-0.25, -0.2) is 0 Å². The van der Waals surface area contributed by atoms with Crippen LogP contribution in [0.25, 0.3) is 0 Å². The molecule has 2 atom stereocenters. The van der Waals surface area contributed by atoms with Gasteiger partial charge in [-0.3, -0.25) is 9.13 Å². The van der Waals surface area contributed by atoms with Gasteiger partial charge in [0.05, 0.1) is 5.31 Å². The van der Waals surface area contributed by atoms with Crippen LogP contribution in [0, 0.1) is 5.92 Å². The zero-order valence-electron chi connectivity index (χ0n) is 8.80. The summed E-state index contributed by atoms with van der Waals surface area (Å²) in [6.07, 6.45) is 0.380. The number of piperidine rings is 1. The van der Waals surface area contributed by atoms with Gasteiger partial charge in [-0.2, -0.15) is 12.6 Å². The molecule has 0 radical (unpaired) electrons. The third kappa shape index (κ3) is 4.85. The van der Waals surface area contributed by atoms with Gasteiger partial charge in [0, 0.05) is 23.5 Å². The Hall–Kier alpha value is 0.350. The average Bonchev–Trinajstić information content (AvgIpc) is 2.12. The molecule has 7 nitrogen and oxygen atoms in total. The first kappa shape index (κ1) is 15.4. The Morgan fingerprint density at radius 1 is 1.29 bits per heavy atom. The summed E-state index contributed by atoms with van der Waals surface area (Å²) in [5.74, 6) is -0.250. The highest BCUT2D eigenvalue weighted by molar-refractivity contribution is 7.81. The smallest absolute Gasteiger partial charge is 0.321 e. The van der Waals surface area contributed by atoms with E-state index in [0.29, 0.717) is 25.3 Å². The molecule has 0 saturated carbocycles. The molecule has 0 aromatic heterocycles. The SMILES string of the molecule is O=P(O)(O)C=C(C1CCNCC1S)P(=O)(O)O. The summed E-state index contributed by atoms with van der Waals surface area (Å²) in [6.45, 7) is 0.965. The molecule has 1 saturated heterocycles. The quantitative estimate of drug-likeness (QED) is 0.322. The standard InChI is InChI=1S/C7H15NO6P2S/c9-15(10,11)4-6(16(12,13)14)5-1-2-8-3-7(5)17/h4-5,7-8,17H,1-3H2,(H2,9,10,11)(H2,12,13,14). The molecule has 5 N–H and O–H groups in total. The topological polar surface area (TPSA) is 127 Å². The van der Waals surface area contributed by atoms with Crippen LogP contribution < -0.4 is 5.32 Å². The number of hydrogen-bond acceptors (Lipinski definition) is 4. The van der Waals surface area contributed by atoms with E-state index in [1.54, 1.807) is 0 Å². The summed E-state index contributed by atoms with van der Waals surface area (Å²) in [5.41, 5.74) is 0. The van der Waals surface area contributed by atoms with Crippen molar-refractivity contribution in [3.63, 3.8) is 0 Å². The maximum Gasteiger partial charge on any atom is 0.352 e. The predicted octanol–water partition coefficient (Wildman–Crippen LogP) is 0.0911. The van der Waals surface area contributed by atoms with Crippen LogP contribution >= 0.6 is 27.8 Å². The normalized spacial score (nSPS) is 28.2. The van der Waals surface area contributed by atoms with Gasteiger partial charge < -0.3 is 24.9 Å². The number of nitrogens with one attached hydrogen (secondary N) is 1. The molecule has 0 aromatic carbocycles. The lowest BCUT2D eigenvalue weighted by molar-refractivity contribution is 0.359. The van der Waals surface area contributed by atoms with Gasteiger partial charge in [-0.15, -0.1) is 0 Å². The molecule has 100 valence electrons. The Morgan fingerprint density at radius 3 is 2.29 bits per heavy atom. The van der Waals surface area contributed by atoms with Crippen LogP contribution in [-0.4, -0.2) is 37.9 Å². The second-order valence-corrected chi connectivity index (χ2v) is 7.56. The van der Waals surface area contributed by atoms with E-state index in [0.717, 1.165) is 0 Å². The Bertz CT molecular complexity index is 401. The van der Waals surface area contributed by atoms with E-state index in [4.69, 9.17) is 19.6 Å². The van der Waals surface area contributed by atoms with Crippen LogP contribution in [0.4, 0.5) is 0 Å². The molecular formula is C7H15NO6P2S. The van der Waals surface area contributed by atoms with Crippen molar-refractivity contribution in [2.24, 2.45) is 5.92 Å². The first-order valence-electron chi connectivity index (χ1n) is 4.84. The summed E-state index contributed by atoms with van der Waals surface area (Å²) in [4.78, 5) is 36.0. The second-order valence-electron chi connectivity index (χ2n) is 3.85. The Labute approximate surface area is 104 Å². The zero-order chi connectivity index (χ0) is 13.3. The van der Waals surface area contributed by atoms with E-state index in [9.17, 15) is 9.13 Å². The lowest BCUT2D eigenvalue weighted by Gasteiger charge is -2.31. The molecule has 10 heteroatoms. The molecular weight excluding hydrogens is 288 g/mol. The Kier molecular flexibility index (Phi) is 5.03. The van der Waals surface area contributed by atoms with Crippen molar-refractivity contribution in [2.75, 3.05) is 13.1 Å². The first-order chi connectivity index (χ1) is 7.61.